The number of aryl methyl sites for hydroxylation is 3. The summed E-state index contributed by atoms with van der Waals surface area (Å²) in [7, 11) is 0. The van der Waals surface area contributed by atoms with Crippen molar-refractivity contribution in [2.24, 2.45) is 0 Å². The minimum Gasteiger partial charge on any atom is -0.358 e. The van der Waals surface area contributed by atoms with Gasteiger partial charge in [-0.2, -0.15) is 0 Å². The highest BCUT2D eigenvalue weighted by atomic mass is 14.7. The Balaban J connectivity index is 2.79. The predicted molar refractivity (Wildman–Crippen MR) is 61.8 cm³/mol. The lowest BCUT2D eigenvalue weighted by molar-refractivity contribution is 1.05. The van der Waals surface area contributed by atoms with Gasteiger partial charge in [0.25, 0.3) is 0 Å². The van der Waals surface area contributed by atoms with Crippen molar-refractivity contribution in [3.63, 3.8) is 0 Å². The molecule has 1 heteroatoms. The van der Waals surface area contributed by atoms with Gasteiger partial charge in [0.1, 0.15) is 0 Å². The van der Waals surface area contributed by atoms with Crippen molar-refractivity contribution in [2.75, 3.05) is 0 Å². The summed E-state index contributed by atoms with van der Waals surface area (Å²) in [4.78, 5) is 3.49. The van der Waals surface area contributed by atoms with Gasteiger partial charge in [-0.05, 0) is 37.0 Å². The van der Waals surface area contributed by atoms with Gasteiger partial charge in [-0.25, -0.2) is 0 Å². The number of benzene rings is 1. The summed E-state index contributed by atoms with van der Waals surface area (Å²) in [5.41, 5.74) is 5.55. The van der Waals surface area contributed by atoms with Gasteiger partial charge >= 0.3 is 0 Å². The first-order valence-corrected chi connectivity index (χ1v) is 5.37. The molecule has 0 aliphatic heterocycles. The fourth-order valence-corrected chi connectivity index (χ4v) is 2.20. The topological polar surface area (TPSA) is 15.8 Å². The molecule has 0 spiro atoms. The van der Waals surface area contributed by atoms with E-state index in [-0.39, 0.29) is 0 Å². The second-order valence-corrected chi connectivity index (χ2v) is 3.78. The van der Waals surface area contributed by atoms with Crippen LogP contribution in [0, 0.1) is 6.92 Å². The average molecular weight is 187 g/mol. The van der Waals surface area contributed by atoms with E-state index in [1.807, 2.05) is 0 Å². The summed E-state index contributed by atoms with van der Waals surface area (Å²) in [5.74, 6) is 0. The monoisotopic (exact) mass is 187 g/mol. The molecular formula is C13H17N. The summed E-state index contributed by atoms with van der Waals surface area (Å²) in [6.45, 7) is 6.63. The van der Waals surface area contributed by atoms with Crippen molar-refractivity contribution in [2.45, 2.75) is 33.6 Å². The number of aromatic nitrogens is 1. The van der Waals surface area contributed by atoms with Crippen molar-refractivity contribution in [1.82, 2.24) is 4.98 Å². The predicted octanol–water partition coefficient (Wildman–Crippen LogP) is 3.60. The molecule has 1 N–H and O–H groups in total. The van der Waals surface area contributed by atoms with E-state index in [2.05, 4.69) is 44.0 Å². The molecule has 1 aromatic carbocycles. The van der Waals surface area contributed by atoms with E-state index < -0.39 is 0 Å². The largest absolute Gasteiger partial charge is 0.358 e. The number of rotatable bonds is 2. The highest BCUT2D eigenvalue weighted by Gasteiger charge is 2.08. The molecule has 0 saturated carbocycles. The number of H-pyrrole nitrogens is 1. The van der Waals surface area contributed by atoms with Crippen LogP contribution in [0.1, 0.15) is 30.7 Å². The van der Waals surface area contributed by atoms with Gasteiger partial charge < -0.3 is 4.98 Å². The Morgan fingerprint density at radius 3 is 2.57 bits per heavy atom. The summed E-state index contributed by atoms with van der Waals surface area (Å²) in [6, 6.07) is 6.53. The molecule has 0 bridgehead atoms. The highest BCUT2D eigenvalue weighted by molar-refractivity contribution is 5.87. The molecule has 0 amide bonds. The molecule has 0 aliphatic rings. The molecule has 1 aromatic heterocycles. The van der Waals surface area contributed by atoms with Gasteiger partial charge in [-0.3, -0.25) is 0 Å². The maximum atomic E-state index is 3.49. The van der Waals surface area contributed by atoms with Gasteiger partial charge in [-0.1, -0.05) is 26.0 Å². The van der Waals surface area contributed by atoms with Gasteiger partial charge in [0.2, 0.25) is 0 Å². The lowest BCUT2D eigenvalue weighted by atomic mass is 10.0. The third kappa shape index (κ3) is 1.24. The van der Waals surface area contributed by atoms with Gasteiger partial charge in [0, 0.05) is 16.6 Å². The molecule has 0 unspecified atom stereocenters. The molecule has 0 radical (unpaired) electrons. The van der Waals surface area contributed by atoms with E-state index in [4.69, 9.17) is 0 Å². The molecule has 2 aromatic rings. The Bertz CT molecular complexity index is 451. The van der Waals surface area contributed by atoms with E-state index in [0.29, 0.717) is 0 Å². The fraction of sp³-hybridized carbons (Fsp3) is 0.385. The molecule has 0 fully saturated rings. The summed E-state index contributed by atoms with van der Waals surface area (Å²) < 4.78 is 0. The molecule has 0 saturated heterocycles. The first-order chi connectivity index (χ1) is 6.77. The number of nitrogens with one attached hydrogen (secondary N) is 1. The van der Waals surface area contributed by atoms with Crippen LogP contribution in [0.15, 0.2) is 18.2 Å². The zero-order valence-electron chi connectivity index (χ0n) is 9.15. The quantitative estimate of drug-likeness (QED) is 0.739. The zero-order chi connectivity index (χ0) is 10.1. The Kier molecular flexibility index (Phi) is 2.32. The van der Waals surface area contributed by atoms with E-state index in [0.717, 1.165) is 12.8 Å². The van der Waals surface area contributed by atoms with Crippen molar-refractivity contribution < 1.29 is 0 Å². The van der Waals surface area contributed by atoms with Crippen LogP contribution in [0.3, 0.4) is 0 Å². The van der Waals surface area contributed by atoms with Crippen LogP contribution in [-0.2, 0) is 12.8 Å². The summed E-state index contributed by atoms with van der Waals surface area (Å²) in [6.07, 6.45) is 2.20. The Morgan fingerprint density at radius 2 is 1.93 bits per heavy atom. The van der Waals surface area contributed by atoms with Crippen molar-refractivity contribution >= 4 is 10.9 Å². The fourth-order valence-electron chi connectivity index (χ4n) is 2.20. The first kappa shape index (κ1) is 9.32. The zero-order valence-corrected chi connectivity index (χ0v) is 9.15. The second kappa shape index (κ2) is 3.49. The lowest BCUT2D eigenvalue weighted by Crippen LogP contribution is -1.83. The lowest BCUT2D eigenvalue weighted by Gasteiger charge is -2.00. The number of hydrogen-bond acceptors (Lipinski definition) is 0. The maximum Gasteiger partial charge on any atom is 0.0461 e. The van der Waals surface area contributed by atoms with Crippen LogP contribution in [-0.4, -0.2) is 4.98 Å². The van der Waals surface area contributed by atoms with Crippen LogP contribution in [0.2, 0.25) is 0 Å². The molecule has 1 heterocycles. The maximum absolute atomic E-state index is 3.49. The van der Waals surface area contributed by atoms with Crippen molar-refractivity contribution in [3.05, 3.63) is 35.0 Å². The van der Waals surface area contributed by atoms with Gasteiger partial charge in [0.05, 0.1) is 0 Å². The highest BCUT2D eigenvalue weighted by Crippen LogP contribution is 2.25. The smallest absolute Gasteiger partial charge is 0.0461 e. The standard InChI is InChI=1S/C13H17N/c1-4-10-7-6-8-12-13(10)9(3)11(5-2)14-12/h6-8,14H,4-5H2,1-3H3. The van der Waals surface area contributed by atoms with E-state index in [1.165, 1.54) is 27.7 Å². The van der Waals surface area contributed by atoms with Crippen molar-refractivity contribution in [1.29, 1.82) is 0 Å². The molecular weight excluding hydrogens is 170 g/mol. The molecule has 14 heavy (non-hydrogen) atoms. The molecule has 74 valence electrons. The summed E-state index contributed by atoms with van der Waals surface area (Å²) >= 11 is 0. The van der Waals surface area contributed by atoms with E-state index in [9.17, 15) is 0 Å². The van der Waals surface area contributed by atoms with E-state index >= 15 is 0 Å². The second-order valence-electron chi connectivity index (χ2n) is 3.78. The average Bonchev–Trinajstić information content (AvgIpc) is 2.55. The SMILES string of the molecule is CCc1[nH]c2cccc(CC)c2c1C. The van der Waals surface area contributed by atoms with Crippen molar-refractivity contribution in [3.8, 4) is 0 Å². The molecule has 2 rings (SSSR count). The number of hydrogen-bond donors (Lipinski definition) is 1. The third-order valence-corrected chi connectivity index (χ3v) is 3.00. The summed E-state index contributed by atoms with van der Waals surface area (Å²) in [5, 5.41) is 1.44. The van der Waals surface area contributed by atoms with E-state index in [1.54, 1.807) is 0 Å². The Labute approximate surface area is 85.1 Å². The van der Waals surface area contributed by atoms with Crippen LogP contribution in [0.4, 0.5) is 0 Å². The first-order valence-electron chi connectivity index (χ1n) is 5.37. The molecule has 1 nitrogen and oxygen atoms in total. The third-order valence-electron chi connectivity index (χ3n) is 3.00. The van der Waals surface area contributed by atoms with Crippen LogP contribution >= 0.6 is 0 Å². The normalized spacial score (nSPS) is 11.1. The molecule has 0 atom stereocenters. The molecule has 0 aliphatic carbocycles. The Hall–Kier alpha value is -1.24. The minimum atomic E-state index is 1.09. The van der Waals surface area contributed by atoms with Crippen LogP contribution < -0.4 is 0 Å². The number of fused-ring (bicyclic) bond motifs is 1. The number of aromatic amines is 1. The Morgan fingerprint density at radius 1 is 1.14 bits per heavy atom. The van der Waals surface area contributed by atoms with Crippen LogP contribution in [0.5, 0.6) is 0 Å². The van der Waals surface area contributed by atoms with Gasteiger partial charge in [-0.15, -0.1) is 0 Å². The minimum absolute atomic E-state index is 1.09. The van der Waals surface area contributed by atoms with Crippen LogP contribution in [0.25, 0.3) is 10.9 Å². The van der Waals surface area contributed by atoms with Gasteiger partial charge in [0.15, 0.2) is 0 Å².